The second kappa shape index (κ2) is 9.61. The highest BCUT2D eigenvalue weighted by Gasteiger charge is 2.34. The molecular formula is C19H18F6N8O. The molecule has 0 saturated carbocycles. The van der Waals surface area contributed by atoms with Gasteiger partial charge in [-0.25, -0.2) is 15.0 Å². The molecule has 0 aliphatic rings. The van der Waals surface area contributed by atoms with Crippen LogP contribution < -0.4 is 10.6 Å². The predicted molar refractivity (Wildman–Crippen MR) is 106 cm³/mol. The first-order valence-corrected chi connectivity index (χ1v) is 9.69. The molecule has 0 saturated heterocycles. The van der Waals surface area contributed by atoms with E-state index >= 15 is 0 Å². The van der Waals surface area contributed by atoms with Crippen LogP contribution in [0.25, 0.3) is 5.69 Å². The minimum absolute atomic E-state index is 0.197. The van der Waals surface area contributed by atoms with Gasteiger partial charge in [-0.15, -0.1) is 4.80 Å². The molecule has 3 rings (SSSR count). The summed E-state index contributed by atoms with van der Waals surface area (Å²) >= 11 is 0. The number of aryl methyl sites for hydroxylation is 1. The summed E-state index contributed by atoms with van der Waals surface area (Å²) in [7, 11) is 0. The van der Waals surface area contributed by atoms with E-state index in [4.69, 9.17) is 0 Å². The standard InChI is InChI=1S/C19H18F6N8O/c1-10-6-26-14(15(11(10)2)33-30-3-4-31-33)16(34)32-13(5-18(20,21)22)9-29-17-27-7-12(8-28-17)19(23,24)25/h3-4,6-8,13H,5,9H2,1-2H3,(H,32,34)(H,27,28,29). The van der Waals surface area contributed by atoms with Crippen LogP contribution in [0.1, 0.15) is 33.6 Å². The quantitative estimate of drug-likeness (QED) is 0.492. The molecule has 3 aromatic rings. The van der Waals surface area contributed by atoms with Crippen LogP contribution in [0.15, 0.2) is 31.0 Å². The van der Waals surface area contributed by atoms with Crippen LogP contribution in [0.5, 0.6) is 0 Å². The van der Waals surface area contributed by atoms with E-state index in [1.54, 1.807) is 13.8 Å². The molecule has 15 heteroatoms. The van der Waals surface area contributed by atoms with E-state index in [1.165, 1.54) is 18.6 Å². The summed E-state index contributed by atoms with van der Waals surface area (Å²) < 4.78 is 77.2. The number of nitrogens with one attached hydrogen (secondary N) is 2. The van der Waals surface area contributed by atoms with E-state index in [0.29, 0.717) is 23.5 Å². The largest absolute Gasteiger partial charge is 0.419 e. The van der Waals surface area contributed by atoms with Crippen LogP contribution in [0.3, 0.4) is 0 Å². The van der Waals surface area contributed by atoms with Gasteiger partial charge in [0, 0.05) is 25.1 Å². The molecule has 0 aliphatic carbocycles. The Morgan fingerprint density at radius 3 is 2.18 bits per heavy atom. The van der Waals surface area contributed by atoms with Crippen molar-refractivity contribution in [2.45, 2.75) is 38.7 Å². The Hall–Kier alpha value is -3.78. The normalized spacial score (nSPS) is 12.9. The average Bonchev–Trinajstić information content (AvgIpc) is 3.26. The second-order valence-electron chi connectivity index (χ2n) is 7.25. The number of pyridine rings is 1. The van der Waals surface area contributed by atoms with Gasteiger partial charge in [0.05, 0.1) is 30.4 Å². The molecule has 34 heavy (non-hydrogen) atoms. The number of alkyl halides is 6. The molecule has 2 N–H and O–H groups in total. The SMILES string of the molecule is Cc1cnc(C(=O)NC(CNc2ncc(C(F)(F)F)cn2)CC(F)(F)F)c(-n2nccn2)c1C. The lowest BCUT2D eigenvalue weighted by atomic mass is 10.1. The molecule has 1 atom stereocenters. The summed E-state index contributed by atoms with van der Waals surface area (Å²) in [5.41, 5.74) is 0.195. The second-order valence-corrected chi connectivity index (χ2v) is 7.25. The number of hydrogen-bond acceptors (Lipinski definition) is 7. The van der Waals surface area contributed by atoms with Gasteiger partial charge in [-0.2, -0.15) is 36.5 Å². The summed E-state index contributed by atoms with van der Waals surface area (Å²) in [5.74, 6) is -1.25. The van der Waals surface area contributed by atoms with Crippen LogP contribution in [-0.4, -0.2) is 54.6 Å². The summed E-state index contributed by atoms with van der Waals surface area (Å²) in [4.78, 5) is 25.0. The molecule has 9 nitrogen and oxygen atoms in total. The summed E-state index contributed by atoms with van der Waals surface area (Å²) in [6.45, 7) is 2.90. The maximum atomic E-state index is 13.1. The van der Waals surface area contributed by atoms with Crippen molar-refractivity contribution in [3.63, 3.8) is 0 Å². The first-order chi connectivity index (χ1) is 15.8. The lowest BCUT2D eigenvalue weighted by Gasteiger charge is -2.21. The number of carbonyl (C=O) groups excluding carboxylic acids is 1. The first kappa shape index (κ1) is 24.9. The Morgan fingerprint density at radius 2 is 1.62 bits per heavy atom. The molecule has 3 aromatic heterocycles. The van der Waals surface area contributed by atoms with Gasteiger partial charge in [-0.05, 0) is 25.0 Å². The van der Waals surface area contributed by atoms with Gasteiger partial charge in [-0.3, -0.25) is 4.79 Å². The third-order valence-corrected chi connectivity index (χ3v) is 4.69. The van der Waals surface area contributed by atoms with Gasteiger partial charge in [-0.1, -0.05) is 0 Å². The minimum atomic E-state index is -4.66. The monoisotopic (exact) mass is 488 g/mol. The zero-order valence-electron chi connectivity index (χ0n) is 17.7. The Labute approximate surface area is 188 Å². The number of anilines is 1. The number of halogens is 6. The molecule has 0 spiro atoms. The predicted octanol–water partition coefficient (Wildman–Crippen LogP) is 3.25. The molecule has 0 aliphatic heterocycles. The summed E-state index contributed by atoms with van der Waals surface area (Å²) in [5, 5.41) is 12.6. The fraction of sp³-hybridized carbons (Fsp3) is 0.368. The van der Waals surface area contributed by atoms with Crippen LogP contribution >= 0.6 is 0 Å². The fourth-order valence-corrected chi connectivity index (χ4v) is 2.91. The number of nitrogens with zero attached hydrogens (tertiary/aromatic N) is 6. The topological polar surface area (TPSA) is 111 Å². The Morgan fingerprint density at radius 1 is 1.00 bits per heavy atom. The van der Waals surface area contributed by atoms with Crippen molar-refractivity contribution < 1.29 is 31.1 Å². The smallest absolute Gasteiger partial charge is 0.352 e. The Balaban J connectivity index is 1.80. The Bertz CT molecular complexity index is 1130. The fourth-order valence-electron chi connectivity index (χ4n) is 2.91. The van der Waals surface area contributed by atoms with Gasteiger partial charge in [0.2, 0.25) is 5.95 Å². The van der Waals surface area contributed by atoms with Crippen LogP contribution in [0.4, 0.5) is 32.3 Å². The zero-order valence-corrected chi connectivity index (χ0v) is 17.7. The zero-order chi connectivity index (χ0) is 25.1. The van der Waals surface area contributed by atoms with Gasteiger partial charge in [0.25, 0.3) is 5.91 Å². The number of amides is 1. The number of hydrogen-bond donors (Lipinski definition) is 2. The maximum absolute atomic E-state index is 13.1. The maximum Gasteiger partial charge on any atom is 0.419 e. The van der Waals surface area contributed by atoms with Crippen molar-refractivity contribution in [1.82, 2.24) is 35.3 Å². The van der Waals surface area contributed by atoms with Crippen molar-refractivity contribution in [3.05, 3.63) is 53.4 Å². The molecule has 0 bridgehead atoms. The van der Waals surface area contributed by atoms with E-state index < -0.39 is 42.8 Å². The van der Waals surface area contributed by atoms with E-state index in [-0.39, 0.29) is 17.3 Å². The van der Waals surface area contributed by atoms with Crippen LogP contribution in [0.2, 0.25) is 0 Å². The molecule has 0 aromatic carbocycles. The number of rotatable bonds is 7. The number of aromatic nitrogens is 6. The van der Waals surface area contributed by atoms with E-state index in [9.17, 15) is 31.1 Å². The molecule has 1 amide bonds. The van der Waals surface area contributed by atoms with E-state index in [0.717, 1.165) is 4.80 Å². The Kier molecular flexibility index (Phi) is 7.02. The van der Waals surface area contributed by atoms with Crippen LogP contribution in [-0.2, 0) is 6.18 Å². The average molecular weight is 488 g/mol. The highest BCUT2D eigenvalue weighted by atomic mass is 19.4. The van der Waals surface area contributed by atoms with Gasteiger partial charge >= 0.3 is 12.4 Å². The third-order valence-electron chi connectivity index (χ3n) is 4.69. The molecule has 0 radical (unpaired) electrons. The molecule has 182 valence electrons. The highest BCUT2D eigenvalue weighted by Crippen LogP contribution is 2.28. The van der Waals surface area contributed by atoms with Gasteiger partial charge < -0.3 is 10.6 Å². The number of carbonyl (C=O) groups is 1. The van der Waals surface area contributed by atoms with Crippen molar-refractivity contribution in [2.75, 3.05) is 11.9 Å². The molecular weight excluding hydrogens is 470 g/mol. The van der Waals surface area contributed by atoms with Crippen molar-refractivity contribution in [2.24, 2.45) is 0 Å². The molecule has 1 unspecified atom stereocenters. The lowest BCUT2D eigenvalue weighted by molar-refractivity contribution is -0.139. The van der Waals surface area contributed by atoms with E-state index in [2.05, 4.69) is 35.8 Å². The van der Waals surface area contributed by atoms with E-state index in [1.807, 2.05) is 0 Å². The van der Waals surface area contributed by atoms with Gasteiger partial charge in [0.15, 0.2) is 5.69 Å². The van der Waals surface area contributed by atoms with Crippen molar-refractivity contribution in [3.8, 4) is 5.69 Å². The summed E-state index contributed by atoms with van der Waals surface area (Å²) in [6.07, 6.45) is -5.62. The lowest BCUT2D eigenvalue weighted by Crippen LogP contribution is -2.43. The highest BCUT2D eigenvalue weighted by molar-refractivity contribution is 5.96. The minimum Gasteiger partial charge on any atom is -0.352 e. The van der Waals surface area contributed by atoms with Gasteiger partial charge in [0.1, 0.15) is 5.69 Å². The summed E-state index contributed by atoms with van der Waals surface area (Å²) in [6, 6.07) is -1.51. The van der Waals surface area contributed by atoms with Crippen LogP contribution in [0, 0.1) is 13.8 Å². The molecule has 3 heterocycles. The van der Waals surface area contributed by atoms with Crippen molar-refractivity contribution >= 4 is 11.9 Å². The first-order valence-electron chi connectivity index (χ1n) is 9.69. The van der Waals surface area contributed by atoms with Crippen molar-refractivity contribution in [1.29, 1.82) is 0 Å². The molecule has 0 fully saturated rings. The third kappa shape index (κ3) is 6.17.